The van der Waals surface area contributed by atoms with Crippen molar-refractivity contribution >= 4 is 22.7 Å². The number of hydrogen-bond donors (Lipinski definition) is 3. The minimum Gasteiger partial charge on any atom is -0.444 e. The van der Waals surface area contributed by atoms with Gasteiger partial charge in [-0.15, -0.1) is 0 Å². The van der Waals surface area contributed by atoms with Crippen molar-refractivity contribution in [2.75, 3.05) is 12.3 Å². The molecule has 1 heterocycles. The number of nitrogens with one attached hydrogen (secondary N) is 2. The molecule has 0 bridgehead atoms. The molecule has 4 N–H and O–H groups in total. The van der Waals surface area contributed by atoms with Crippen LogP contribution in [0, 0.1) is 0 Å². The largest absolute Gasteiger partial charge is 0.444 e. The number of nitrogens with two attached hydrogens (primary N) is 1. The first-order valence-corrected chi connectivity index (χ1v) is 6.67. The fraction of sp³-hybridized carbons (Fsp3) is 0.400. The highest BCUT2D eigenvalue weighted by atomic mass is 16.6. The molecule has 5 nitrogen and oxygen atoms in total. The zero-order valence-electron chi connectivity index (χ0n) is 12.1. The summed E-state index contributed by atoms with van der Waals surface area (Å²) >= 11 is 0. The molecule has 0 aliphatic rings. The molecule has 108 valence electrons. The van der Waals surface area contributed by atoms with Gasteiger partial charge in [0.25, 0.3) is 0 Å². The number of hydrogen-bond acceptors (Lipinski definition) is 3. The Morgan fingerprint density at radius 3 is 2.80 bits per heavy atom. The standard InChI is InChI=1S/C15H21N3O2/c1-15(2,3)20-14(19)17-7-6-12-8-10-4-5-11(16)9-13(10)18-12/h4-5,8-9,18H,6-7,16H2,1-3H3,(H,17,19). The van der Waals surface area contributed by atoms with Crippen molar-refractivity contribution in [1.82, 2.24) is 10.3 Å². The number of rotatable bonds is 3. The minimum atomic E-state index is -0.470. The fourth-order valence-corrected chi connectivity index (χ4v) is 1.95. The number of alkyl carbamates (subject to hydrolysis) is 1. The van der Waals surface area contributed by atoms with Gasteiger partial charge in [0, 0.05) is 29.9 Å². The summed E-state index contributed by atoms with van der Waals surface area (Å²) in [5.41, 5.74) is 8.07. The maximum atomic E-state index is 11.5. The third kappa shape index (κ3) is 3.91. The van der Waals surface area contributed by atoms with Crippen molar-refractivity contribution in [2.24, 2.45) is 0 Å². The SMILES string of the molecule is CC(C)(C)OC(=O)NCCc1cc2ccc(N)cc2[nH]1. The van der Waals surface area contributed by atoms with Gasteiger partial charge in [-0.2, -0.15) is 0 Å². The molecule has 0 aliphatic heterocycles. The predicted octanol–water partition coefficient (Wildman–Crippen LogP) is 2.82. The molecule has 0 spiro atoms. The number of carbonyl (C=O) groups is 1. The van der Waals surface area contributed by atoms with Crippen LogP contribution in [0.1, 0.15) is 26.5 Å². The summed E-state index contributed by atoms with van der Waals surface area (Å²) in [5, 5.41) is 3.85. The maximum absolute atomic E-state index is 11.5. The highest BCUT2D eigenvalue weighted by molar-refractivity contribution is 5.83. The van der Waals surface area contributed by atoms with Crippen molar-refractivity contribution in [3.63, 3.8) is 0 Å². The topological polar surface area (TPSA) is 80.1 Å². The van der Waals surface area contributed by atoms with Gasteiger partial charge in [0.1, 0.15) is 5.60 Å². The van der Waals surface area contributed by atoms with Crippen LogP contribution in [0.25, 0.3) is 10.9 Å². The molecule has 0 atom stereocenters. The van der Waals surface area contributed by atoms with E-state index in [9.17, 15) is 4.79 Å². The summed E-state index contributed by atoms with van der Waals surface area (Å²) in [4.78, 5) is 14.8. The van der Waals surface area contributed by atoms with Crippen LogP contribution in [0.3, 0.4) is 0 Å². The van der Waals surface area contributed by atoms with Gasteiger partial charge in [0.15, 0.2) is 0 Å². The normalized spacial score (nSPS) is 11.6. The second-order valence-corrected chi connectivity index (χ2v) is 5.82. The molecule has 1 aromatic heterocycles. The van der Waals surface area contributed by atoms with Gasteiger partial charge in [-0.05, 0) is 44.4 Å². The van der Waals surface area contributed by atoms with Crippen molar-refractivity contribution in [3.8, 4) is 0 Å². The fourth-order valence-electron chi connectivity index (χ4n) is 1.95. The lowest BCUT2D eigenvalue weighted by molar-refractivity contribution is 0.0528. The van der Waals surface area contributed by atoms with Crippen molar-refractivity contribution in [3.05, 3.63) is 30.0 Å². The number of aromatic amines is 1. The molecule has 0 saturated carbocycles. The van der Waals surface area contributed by atoms with E-state index in [4.69, 9.17) is 10.5 Å². The van der Waals surface area contributed by atoms with Gasteiger partial charge in [-0.3, -0.25) is 0 Å². The summed E-state index contributed by atoms with van der Waals surface area (Å²) in [6.07, 6.45) is 0.325. The first-order chi connectivity index (χ1) is 9.33. The van der Waals surface area contributed by atoms with E-state index in [0.29, 0.717) is 13.0 Å². The molecule has 0 unspecified atom stereocenters. The number of ether oxygens (including phenoxy) is 1. The van der Waals surface area contributed by atoms with Gasteiger partial charge in [-0.1, -0.05) is 6.07 Å². The van der Waals surface area contributed by atoms with Crippen molar-refractivity contribution < 1.29 is 9.53 Å². The van der Waals surface area contributed by atoms with Crippen LogP contribution in [-0.4, -0.2) is 23.2 Å². The Bertz CT molecular complexity index is 611. The quantitative estimate of drug-likeness (QED) is 0.753. The van der Waals surface area contributed by atoms with E-state index in [0.717, 1.165) is 22.3 Å². The molecular weight excluding hydrogens is 254 g/mol. The third-order valence-electron chi connectivity index (χ3n) is 2.76. The molecule has 0 saturated heterocycles. The number of anilines is 1. The average Bonchev–Trinajstić information content (AvgIpc) is 2.68. The number of H-pyrrole nitrogens is 1. The van der Waals surface area contributed by atoms with E-state index in [1.54, 1.807) is 0 Å². The highest BCUT2D eigenvalue weighted by Crippen LogP contribution is 2.18. The lowest BCUT2D eigenvalue weighted by Crippen LogP contribution is -2.33. The number of aromatic nitrogens is 1. The van der Waals surface area contributed by atoms with Crippen LogP contribution in [0.15, 0.2) is 24.3 Å². The van der Waals surface area contributed by atoms with Gasteiger partial charge in [-0.25, -0.2) is 4.79 Å². The summed E-state index contributed by atoms with van der Waals surface area (Å²) in [5.74, 6) is 0. The average molecular weight is 275 g/mol. The van der Waals surface area contributed by atoms with Gasteiger partial charge in [0.2, 0.25) is 0 Å². The Balaban J connectivity index is 1.88. The number of benzene rings is 1. The summed E-state index contributed by atoms with van der Waals surface area (Å²) in [6.45, 7) is 6.05. The zero-order valence-corrected chi connectivity index (χ0v) is 12.1. The van der Waals surface area contributed by atoms with Crippen LogP contribution in [0.4, 0.5) is 10.5 Å². The van der Waals surface area contributed by atoms with Gasteiger partial charge in [0.05, 0.1) is 0 Å². The molecular formula is C15H21N3O2. The highest BCUT2D eigenvalue weighted by Gasteiger charge is 2.15. The molecule has 0 fully saturated rings. The molecule has 2 rings (SSSR count). The first-order valence-electron chi connectivity index (χ1n) is 6.67. The van der Waals surface area contributed by atoms with E-state index >= 15 is 0 Å². The Kier molecular flexibility index (Phi) is 3.88. The molecule has 2 aromatic rings. The van der Waals surface area contributed by atoms with Crippen molar-refractivity contribution in [1.29, 1.82) is 0 Å². The smallest absolute Gasteiger partial charge is 0.407 e. The molecule has 5 heteroatoms. The molecule has 20 heavy (non-hydrogen) atoms. The lowest BCUT2D eigenvalue weighted by atomic mass is 10.2. The third-order valence-corrected chi connectivity index (χ3v) is 2.76. The second-order valence-electron chi connectivity index (χ2n) is 5.82. The van der Waals surface area contributed by atoms with Crippen LogP contribution in [-0.2, 0) is 11.2 Å². The van der Waals surface area contributed by atoms with Crippen molar-refractivity contribution in [2.45, 2.75) is 32.8 Å². The minimum absolute atomic E-state index is 0.391. The van der Waals surface area contributed by atoms with Gasteiger partial charge >= 0.3 is 6.09 Å². The Hall–Kier alpha value is -2.17. The van der Waals surface area contributed by atoms with Crippen LogP contribution in [0.5, 0.6) is 0 Å². The lowest BCUT2D eigenvalue weighted by Gasteiger charge is -2.19. The van der Waals surface area contributed by atoms with Crippen LogP contribution >= 0.6 is 0 Å². The number of nitrogen functional groups attached to an aromatic ring is 1. The first kappa shape index (κ1) is 14.2. The number of carbonyl (C=O) groups excluding carboxylic acids is 1. The van der Waals surface area contributed by atoms with Gasteiger partial charge < -0.3 is 20.8 Å². The maximum Gasteiger partial charge on any atom is 0.407 e. The number of amides is 1. The Labute approximate surface area is 118 Å². The van der Waals surface area contributed by atoms with E-state index in [1.165, 1.54) is 0 Å². The van der Waals surface area contributed by atoms with Crippen LogP contribution < -0.4 is 11.1 Å². The Morgan fingerprint density at radius 1 is 1.35 bits per heavy atom. The second kappa shape index (κ2) is 5.45. The predicted molar refractivity (Wildman–Crippen MR) is 80.7 cm³/mol. The van der Waals surface area contributed by atoms with E-state index in [2.05, 4.69) is 16.4 Å². The molecule has 1 aromatic carbocycles. The zero-order chi connectivity index (χ0) is 14.8. The summed E-state index contributed by atoms with van der Waals surface area (Å²) in [6, 6.07) is 7.82. The number of fused-ring (bicyclic) bond motifs is 1. The van der Waals surface area contributed by atoms with E-state index in [1.807, 2.05) is 39.0 Å². The molecule has 0 radical (unpaired) electrons. The van der Waals surface area contributed by atoms with Crippen LogP contribution in [0.2, 0.25) is 0 Å². The Morgan fingerprint density at radius 2 is 2.10 bits per heavy atom. The molecule has 1 amide bonds. The summed E-state index contributed by atoms with van der Waals surface area (Å²) < 4.78 is 5.17. The summed E-state index contributed by atoms with van der Waals surface area (Å²) in [7, 11) is 0. The molecule has 0 aliphatic carbocycles. The van der Waals surface area contributed by atoms with E-state index < -0.39 is 11.7 Å². The monoisotopic (exact) mass is 275 g/mol. The van der Waals surface area contributed by atoms with E-state index in [-0.39, 0.29) is 0 Å².